The molecule has 0 fully saturated rings. The monoisotopic (exact) mass is 239 g/mol. The molecule has 88 valence electrons. The lowest BCUT2D eigenvalue weighted by molar-refractivity contribution is 0.1000. The molecular weight excluding hydrogens is 230 g/mol. The van der Waals surface area contributed by atoms with Crippen molar-refractivity contribution in [3.05, 3.63) is 58.5 Å². The maximum absolute atomic E-state index is 11.7. The lowest BCUT2D eigenvalue weighted by Crippen LogP contribution is -2.13. The minimum atomic E-state index is -0.514. The molecule has 3 rings (SSSR count). The zero-order valence-corrected chi connectivity index (χ0v) is 9.33. The Morgan fingerprint density at radius 3 is 2.78 bits per heavy atom. The zero-order chi connectivity index (χ0) is 12.7. The number of primary amides is 1. The van der Waals surface area contributed by atoms with Gasteiger partial charge in [-0.25, -0.2) is 4.98 Å². The van der Waals surface area contributed by atoms with E-state index in [0.717, 1.165) is 0 Å². The summed E-state index contributed by atoms with van der Waals surface area (Å²) in [6.45, 7) is 0. The highest BCUT2D eigenvalue weighted by Gasteiger charge is 2.09. The van der Waals surface area contributed by atoms with E-state index in [1.54, 1.807) is 41.1 Å². The molecule has 1 aromatic heterocycles. The molecule has 0 saturated heterocycles. The Bertz CT molecular complexity index is 792. The first-order valence-electron chi connectivity index (χ1n) is 5.37. The van der Waals surface area contributed by atoms with Gasteiger partial charge in [0.15, 0.2) is 5.43 Å². The summed E-state index contributed by atoms with van der Waals surface area (Å²) in [4.78, 5) is 27.1. The van der Waals surface area contributed by atoms with Crippen molar-refractivity contribution in [1.29, 1.82) is 0 Å². The molecule has 2 aliphatic rings. The summed E-state index contributed by atoms with van der Waals surface area (Å²) in [7, 11) is 0. The van der Waals surface area contributed by atoms with Crippen LogP contribution in [0.4, 0.5) is 0 Å². The summed E-state index contributed by atoms with van der Waals surface area (Å²) in [6.07, 6.45) is 3.23. The fourth-order valence-electron chi connectivity index (χ4n) is 1.88. The van der Waals surface area contributed by atoms with Gasteiger partial charge in [0.2, 0.25) is 5.91 Å². The van der Waals surface area contributed by atoms with E-state index in [0.29, 0.717) is 22.5 Å². The van der Waals surface area contributed by atoms with Crippen molar-refractivity contribution in [2.24, 2.45) is 5.73 Å². The quantitative estimate of drug-likeness (QED) is 0.641. The average Bonchev–Trinajstić information content (AvgIpc) is 2.36. The fraction of sp³-hybridized carbons (Fsp3) is 0. The van der Waals surface area contributed by atoms with E-state index in [2.05, 4.69) is 4.98 Å². The SMILES string of the molecule is NC(=O)c1ccc2nc3cccc(=O)c-3cn2c1. The third-order valence-electron chi connectivity index (χ3n) is 2.79. The second kappa shape index (κ2) is 3.66. The summed E-state index contributed by atoms with van der Waals surface area (Å²) in [5.41, 5.74) is 7.28. The molecule has 18 heavy (non-hydrogen) atoms. The molecule has 5 heteroatoms. The third kappa shape index (κ3) is 1.53. The van der Waals surface area contributed by atoms with Crippen molar-refractivity contribution < 1.29 is 4.79 Å². The number of hydrogen-bond donors (Lipinski definition) is 1. The van der Waals surface area contributed by atoms with Gasteiger partial charge in [-0.2, -0.15) is 0 Å². The summed E-state index contributed by atoms with van der Waals surface area (Å²) in [5.74, 6) is -0.514. The van der Waals surface area contributed by atoms with E-state index in [-0.39, 0.29) is 5.43 Å². The van der Waals surface area contributed by atoms with Crippen molar-refractivity contribution in [2.45, 2.75) is 0 Å². The first-order chi connectivity index (χ1) is 8.65. The van der Waals surface area contributed by atoms with Crippen LogP contribution in [0.5, 0.6) is 0 Å². The van der Waals surface area contributed by atoms with Crippen LogP contribution in [0.1, 0.15) is 10.4 Å². The lowest BCUT2D eigenvalue weighted by atomic mass is 10.1. The number of carbonyl (C=O) groups is 1. The van der Waals surface area contributed by atoms with Crippen LogP contribution in [0.2, 0.25) is 0 Å². The van der Waals surface area contributed by atoms with E-state index in [4.69, 9.17) is 5.73 Å². The van der Waals surface area contributed by atoms with Crippen LogP contribution >= 0.6 is 0 Å². The number of rotatable bonds is 1. The van der Waals surface area contributed by atoms with Crippen LogP contribution in [-0.2, 0) is 0 Å². The number of benzene rings is 1. The van der Waals surface area contributed by atoms with E-state index >= 15 is 0 Å². The maximum atomic E-state index is 11.7. The molecule has 0 saturated carbocycles. The molecule has 0 unspecified atom stereocenters. The number of pyridine rings is 1. The van der Waals surface area contributed by atoms with Gasteiger partial charge in [-0.3, -0.25) is 9.59 Å². The number of nitrogens with zero attached hydrogens (tertiary/aromatic N) is 2. The van der Waals surface area contributed by atoms with Gasteiger partial charge < -0.3 is 10.1 Å². The molecule has 0 spiro atoms. The standard InChI is InChI=1S/C13H9N3O2/c14-13(18)8-4-5-12-15-10-2-1-3-11(17)9(10)7-16(12)6-8/h1-7H,(H2,14,18). The van der Waals surface area contributed by atoms with E-state index in [1.807, 2.05) is 0 Å². The lowest BCUT2D eigenvalue weighted by Gasteiger charge is -2.08. The van der Waals surface area contributed by atoms with Crippen molar-refractivity contribution in [3.63, 3.8) is 0 Å². The Morgan fingerprint density at radius 1 is 1.17 bits per heavy atom. The summed E-state index contributed by atoms with van der Waals surface area (Å²) in [6, 6.07) is 8.23. The van der Waals surface area contributed by atoms with Gasteiger partial charge in [0.1, 0.15) is 5.65 Å². The first-order valence-corrected chi connectivity index (χ1v) is 5.37. The molecule has 0 atom stereocenters. The topological polar surface area (TPSA) is 77.5 Å². The first kappa shape index (κ1) is 10.5. The van der Waals surface area contributed by atoms with Gasteiger partial charge in [-0.15, -0.1) is 0 Å². The molecule has 2 heterocycles. The highest BCUT2D eigenvalue weighted by Crippen LogP contribution is 2.16. The van der Waals surface area contributed by atoms with Crippen molar-refractivity contribution in [2.75, 3.05) is 0 Å². The number of nitrogens with two attached hydrogens (primary N) is 1. The van der Waals surface area contributed by atoms with Crippen LogP contribution < -0.4 is 11.2 Å². The largest absolute Gasteiger partial charge is 0.366 e. The van der Waals surface area contributed by atoms with E-state index in [1.165, 1.54) is 6.07 Å². The Hall–Kier alpha value is -2.69. The van der Waals surface area contributed by atoms with Gasteiger partial charge in [0.25, 0.3) is 0 Å². The van der Waals surface area contributed by atoms with Crippen LogP contribution in [0.25, 0.3) is 16.9 Å². The molecular formula is C13H9N3O2. The van der Waals surface area contributed by atoms with Gasteiger partial charge in [-0.05, 0) is 24.3 Å². The van der Waals surface area contributed by atoms with Crippen LogP contribution in [-0.4, -0.2) is 15.3 Å². The highest BCUT2D eigenvalue weighted by molar-refractivity contribution is 5.92. The molecule has 1 amide bonds. The third-order valence-corrected chi connectivity index (χ3v) is 2.79. The Kier molecular flexibility index (Phi) is 2.13. The molecule has 5 nitrogen and oxygen atoms in total. The minimum Gasteiger partial charge on any atom is -0.366 e. The second-order valence-electron chi connectivity index (χ2n) is 3.98. The molecule has 1 aliphatic heterocycles. The average molecular weight is 239 g/mol. The number of aromatic nitrogens is 2. The van der Waals surface area contributed by atoms with Crippen LogP contribution in [0.15, 0.2) is 47.5 Å². The maximum Gasteiger partial charge on any atom is 0.250 e. The zero-order valence-electron chi connectivity index (χ0n) is 9.33. The van der Waals surface area contributed by atoms with Crippen molar-refractivity contribution in [1.82, 2.24) is 9.38 Å². The summed E-state index contributed by atoms with van der Waals surface area (Å²) >= 11 is 0. The van der Waals surface area contributed by atoms with E-state index < -0.39 is 5.91 Å². The predicted octanol–water partition coefficient (Wildman–Crippen LogP) is 0.898. The molecule has 1 aliphatic carbocycles. The number of fused-ring (bicyclic) bond motifs is 2. The molecule has 0 radical (unpaired) electrons. The molecule has 1 aromatic rings. The number of amides is 1. The highest BCUT2D eigenvalue weighted by atomic mass is 16.1. The van der Waals surface area contributed by atoms with Gasteiger partial charge in [0, 0.05) is 12.4 Å². The number of carbonyl (C=O) groups excluding carboxylic acids is 1. The number of hydrogen-bond acceptors (Lipinski definition) is 3. The Balaban J connectivity index is 2.40. The minimum absolute atomic E-state index is 0.0983. The predicted molar refractivity (Wildman–Crippen MR) is 66.6 cm³/mol. The van der Waals surface area contributed by atoms with Gasteiger partial charge in [-0.1, -0.05) is 6.07 Å². The summed E-state index contributed by atoms with van der Waals surface area (Å²) < 4.78 is 1.63. The van der Waals surface area contributed by atoms with E-state index in [9.17, 15) is 9.59 Å². The molecule has 0 aromatic carbocycles. The molecule has 0 bridgehead atoms. The van der Waals surface area contributed by atoms with Crippen molar-refractivity contribution in [3.8, 4) is 11.3 Å². The Labute approximate surface area is 102 Å². The van der Waals surface area contributed by atoms with Crippen LogP contribution in [0.3, 0.4) is 0 Å². The van der Waals surface area contributed by atoms with Gasteiger partial charge >= 0.3 is 0 Å². The van der Waals surface area contributed by atoms with Crippen molar-refractivity contribution >= 4 is 11.6 Å². The smallest absolute Gasteiger partial charge is 0.250 e. The normalized spacial score (nSPS) is 10.9. The molecule has 2 N–H and O–H groups in total. The fourth-order valence-corrected chi connectivity index (χ4v) is 1.88. The Morgan fingerprint density at radius 2 is 2.00 bits per heavy atom. The van der Waals surface area contributed by atoms with Gasteiger partial charge in [0.05, 0.1) is 16.8 Å². The summed E-state index contributed by atoms with van der Waals surface area (Å²) in [5, 5.41) is 0. The second-order valence-corrected chi connectivity index (χ2v) is 3.98. The van der Waals surface area contributed by atoms with Crippen LogP contribution in [0, 0.1) is 0 Å².